The van der Waals surface area contributed by atoms with Crippen LogP contribution >= 0.6 is 0 Å². The standard InChI is InChI=1S/C22H25N3O4S/c1-24(2)30(27,28)25(19-11-4-3-5-12-19)17-22(26)23-15-16-29-21-14-8-10-18-9-6-7-13-20(18)21/h3-14H,15-17H2,1-2H3,(H,23,26). The highest BCUT2D eigenvalue weighted by molar-refractivity contribution is 7.90. The number of carbonyl (C=O) groups is 1. The van der Waals surface area contributed by atoms with Crippen molar-refractivity contribution < 1.29 is 17.9 Å². The van der Waals surface area contributed by atoms with Gasteiger partial charge in [-0.2, -0.15) is 12.7 Å². The molecular weight excluding hydrogens is 402 g/mol. The molecule has 7 nitrogen and oxygen atoms in total. The molecule has 0 fully saturated rings. The minimum atomic E-state index is -3.81. The van der Waals surface area contributed by atoms with E-state index in [0.717, 1.165) is 25.1 Å². The SMILES string of the molecule is CN(C)S(=O)(=O)N(CC(=O)NCCOc1cccc2ccccc12)c1ccccc1. The molecule has 0 aromatic heterocycles. The first-order valence-electron chi connectivity index (χ1n) is 9.52. The summed E-state index contributed by atoms with van der Waals surface area (Å²) in [6.07, 6.45) is 0. The molecule has 30 heavy (non-hydrogen) atoms. The summed E-state index contributed by atoms with van der Waals surface area (Å²) in [6.45, 7) is 0.205. The van der Waals surface area contributed by atoms with Crippen molar-refractivity contribution in [3.05, 3.63) is 72.8 Å². The van der Waals surface area contributed by atoms with E-state index < -0.39 is 16.1 Å². The average Bonchev–Trinajstić information content (AvgIpc) is 2.75. The highest BCUT2D eigenvalue weighted by atomic mass is 32.2. The van der Waals surface area contributed by atoms with Crippen LogP contribution in [0.15, 0.2) is 72.8 Å². The number of anilines is 1. The molecule has 3 aromatic rings. The number of fused-ring (bicyclic) bond motifs is 1. The Bertz CT molecular complexity index is 1100. The second-order valence-electron chi connectivity index (χ2n) is 6.81. The lowest BCUT2D eigenvalue weighted by molar-refractivity contribution is -0.119. The summed E-state index contributed by atoms with van der Waals surface area (Å²) in [5.41, 5.74) is 0.424. The summed E-state index contributed by atoms with van der Waals surface area (Å²) in [5, 5.41) is 4.80. The Balaban J connectivity index is 1.59. The topological polar surface area (TPSA) is 79.0 Å². The maximum absolute atomic E-state index is 12.7. The monoisotopic (exact) mass is 427 g/mol. The number of rotatable bonds is 9. The summed E-state index contributed by atoms with van der Waals surface area (Å²) in [5.74, 6) is 0.328. The van der Waals surface area contributed by atoms with Crippen LogP contribution in [0.5, 0.6) is 5.75 Å². The van der Waals surface area contributed by atoms with E-state index in [1.807, 2.05) is 42.5 Å². The van der Waals surface area contributed by atoms with E-state index in [4.69, 9.17) is 4.74 Å². The third-order valence-corrected chi connectivity index (χ3v) is 6.32. The molecule has 0 radical (unpaired) electrons. The summed E-state index contributed by atoms with van der Waals surface area (Å²) in [4.78, 5) is 12.4. The van der Waals surface area contributed by atoms with Gasteiger partial charge in [0.2, 0.25) is 5.91 Å². The van der Waals surface area contributed by atoms with Crippen LogP contribution in [0.2, 0.25) is 0 Å². The molecule has 0 unspecified atom stereocenters. The van der Waals surface area contributed by atoms with Crippen molar-refractivity contribution in [2.75, 3.05) is 38.1 Å². The van der Waals surface area contributed by atoms with Crippen LogP contribution < -0.4 is 14.4 Å². The predicted octanol–water partition coefficient (Wildman–Crippen LogP) is 2.65. The second kappa shape index (κ2) is 9.60. The van der Waals surface area contributed by atoms with Gasteiger partial charge < -0.3 is 10.1 Å². The van der Waals surface area contributed by atoms with E-state index >= 15 is 0 Å². The number of hydrogen-bond donors (Lipinski definition) is 1. The highest BCUT2D eigenvalue weighted by Crippen LogP contribution is 2.25. The van der Waals surface area contributed by atoms with Gasteiger partial charge in [0.1, 0.15) is 18.9 Å². The van der Waals surface area contributed by atoms with Crippen molar-refractivity contribution in [2.45, 2.75) is 0 Å². The molecule has 0 aliphatic carbocycles. The first kappa shape index (κ1) is 21.6. The molecule has 3 rings (SSSR count). The van der Waals surface area contributed by atoms with Crippen molar-refractivity contribution in [3.8, 4) is 5.75 Å². The summed E-state index contributed by atoms with van der Waals surface area (Å²) >= 11 is 0. The first-order chi connectivity index (χ1) is 14.4. The largest absolute Gasteiger partial charge is 0.491 e. The van der Waals surface area contributed by atoms with Gasteiger partial charge in [0.05, 0.1) is 12.2 Å². The normalized spacial score (nSPS) is 11.4. The van der Waals surface area contributed by atoms with Crippen molar-refractivity contribution in [2.24, 2.45) is 0 Å². The Labute approximate surface area is 177 Å². The van der Waals surface area contributed by atoms with Gasteiger partial charge in [-0.3, -0.25) is 4.79 Å². The van der Waals surface area contributed by atoms with Crippen molar-refractivity contribution in [1.82, 2.24) is 9.62 Å². The van der Waals surface area contributed by atoms with Gasteiger partial charge in [-0.05, 0) is 23.6 Å². The molecule has 3 aromatic carbocycles. The van der Waals surface area contributed by atoms with Crippen molar-refractivity contribution in [1.29, 1.82) is 0 Å². The first-order valence-corrected chi connectivity index (χ1v) is 10.9. The molecule has 0 saturated carbocycles. The average molecular weight is 428 g/mol. The molecule has 0 aliphatic rings. The summed E-state index contributed by atoms with van der Waals surface area (Å²) in [7, 11) is -0.947. The minimum absolute atomic E-state index is 0.257. The lowest BCUT2D eigenvalue weighted by Crippen LogP contribution is -2.46. The third-order valence-electron chi connectivity index (χ3n) is 4.50. The lowest BCUT2D eigenvalue weighted by atomic mass is 10.1. The quantitative estimate of drug-likeness (QED) is 0.533. The Morgan fingerprint density at radius 2 is 1.60 bits per heavy atom. The van der Waals surface area contributed by atoms with E-state index in [1.165, 1.54) is 14.1 Å². The van der Waals surface area contributed by atoms with E-state index in [-0.39, 0.29) is 19.7 Å². The van der Waals surface area contributed by atoms with Crippen molar-refractivity contribution >= 4 is 32.6 Å². The second-order valence-corrected chi connectivity index (χ2v) is 8.87. The fraction of sp³-hybridized carbons (Fsp3) is 0.227. The van der Waals surface area contributed by atoms with Gasteiger partial charge in [-0.15, -0.1) is 0 Å². The van der Waals surface area contributed by atoms with Crippen LogP contribution in [0.25, 0.3) is 10.8 Å². The summed E-state index contributed by atoms with van der Waals surface area (Å²) in [6, 6.07) is 22.2. The maximum atomic E-state index is 12.7. The van der Waals surface area contributed by atoms with Gasteiger partial charge in [0.15, 0.2) is 0 Å². The maximum Gasteiger partial charge on any atom is 0.304 e. The van der Waals surface area contributed by atoms with Crippen LogP contribution in [0.3, 0.4) is 0 Å². The fourth-order valence-electron chi connectivity index (χ4n) is 2.96. The van der Waals surface area contributed by atoms with Crippen molar-refractivity contribution in [3.63, 3.8) is 0 Å². The number of hydrogen-bond acceptors (Lipinski definition) is 4. The van der Waals surface area contributed by atoms with Crippen LogP contribution in [-0.2, 0) is 15.0 Å². The van der Waals surface area contributed by atoms with E-state index in [1.54, 1.807) is 30.3 Å². The molecule has 0 saturated heterocycles. The van der Waals surface area contributed by atoms with Crippen LogP contribution in [0.1, 0.15) is 0 Å². The predicted molar refractivity (Wildman–Crippen MR) is 119 cm³/mol. The van der Waals surface area contributed by atoms with Crippen LogP contribution in [0, 0.1) is 0 Å². The molecular formula is C22H25N3O4S. The zero-order chi connectivity index (χ0) is 21.6. The molecule has 0 aliphatic heterocycles. The molecule has 0 heterocycles. The fourth-order valence-corrected chi connectivity index (χ4v) is 4.02. The van der Waals surface area contributed by atoms with E-state index in [2.05, 4.69) is 5.32 Å². The number of nitrogens with zero attached hydrogens (tertiary/aromatic N) is 2. The molecule has 0 spiro atoms. The molecule has 1 amide bonds. The number of carbonyl (C=O) groups excluding carboxylic acids is 1. The highest BCUT2D eigenvalue weighted by Gasteiger charge is 2.26. The molecule has 1 N–H and O–H groups in total. The minimum Gasteiger partial charge on any atom is -0.491 e. The zero-order valence-electron chi connectivity index (χ0n) is 17.0. The smallest absolute Gasteiger partial charge is 0.304 e. The van der Waals surface area contributed by atoms with Crippen LogP contribution in [0.4, 0.5) is 5.69 Å². The molecule has 158 valence electrons. The van der Waals surface area contributed by atoms with Gasteiger partial charge in [-0.25, -0.2) is 4.31 Å². The van der Waals surface area contributed by atoms with E-state index in [9.17, 15) is 13.2 Å². The molecule has 0 atom stereocenters. The zero-order valence-corrected chi connectivity index (χ0v) is 17.8. The Kier molecular flexibility index (Phi) is 6.91. The Morgan fingerprint density at radius 1 is 0.933 bits per heavy atom. The summed E-state index contributed by atoms with van der Waals surface area (Å²) < 4.78 is 33.3. The number of ether oxygens (including phenoxy) is 1. The number of amides is 1. The molecule has 0 bridgehead atoms. The Morgan fingerprint density at radius 3 is 2.33 bits per heavy atom. The molecule has 8 heteroatoms. The number of para-hydroxylation sites is 1. The van der Waals surface area contributed by atoms with Gasteiger partial charge >= 0.3 is 10.2 Å². The Hall–Kier alpha value is -3.10. The number of nitrogens with one attached hydrogen (secondary N) is 1. The van der Waals surface area contributed by atoms with Gasteiger partial charge in [0.25, 0.3) is 0 Å². The third kappa shape index (κ3) is 5.08. The van der Waals surface area contributed by atoms with Gasteiger partial charge in [0, 0.05) is 19.5 Å². The number of benzene rings is 3. The lowest BCUT2D eigenvalue weighted by Gasteiger charge is -2.26. The van der Waals surface area contributed by atoms with Gasteiger partial charge in [-0.1, -0.05) is 54.6 Å². The van der Waals surface area contributed by atoms with E-state index in [0.29, 0.717) is 5.69 Å². The van der Waals surface area contributed by atoms with Crippen LogP contribution in [-0.4, -0.2) is 52.4 Å².